The van der Waals surface area contributed by atoms with Gasteiger partial charge in [0.05, 0.1) is 10.8 Å². The summed E-state index contributed by atoms with van der Waals surface area (Å²) >= 11 is 5.74. The summed E-state index contributed by atoms with van der Waals surface area (Å²) < 4.78 is 26.6. The van der Waals surface area contributed by atoms with Gasteiger partial charge in [-0.05, 0) is 36.2 Å². The van der Waals surface area contributed by atoms with Gasteiger partial charge in [0, 0.05) is 5.02 Å². The van der Waals surface area contributed by atoms with Crippen LogP contribution in [0.3, 0.4) is 0 Å². The second-order valence-corrected chi connectivity index (χ2v) is 6.91. The third-order valence-electron chi connectivity index (χ3n) is 3.29. The molecule has 1 atom stereocenters. The first kappa shape index (κ1) is 16.5. The van der Waals surface area contributed by atoms with Crippen molar-refractivity contribution in [2.45, 2.75) is 24.2 Å². The van der Waals surface area contributed by atoms with E-state index in [1.165, 1.54) is 24.3 Å². The molecule has 2 aromatic rings. The second kappa shape index (κ2) is 6.94. The molecule has 0 bridgehead atoms. The standard InChI is InChI=1S/C16H16ClNO3S/c1-2-15(12-6-4-3-5-7-12)16(19)18-22(20,21)14-10-8-13(17)9-11-14/h3-11,15H,2H2,1H3,(H,18,19). The van der Waals surface area contributed by atoms with Crippen molar-refractivity contribution in [1.82, 2.24) is 4.72 Å². The number of carbonyl (C=O) groups is 1. The maximum absolute atomic E-state index is 12.3. The summed E-state index contributed by atoms with van der Waals surface area (Å²) in [7, 11) is -3.90. The summed E-state index contributed by atoms with van der Waals surface area (Å²) in [6.45, 7) is 1.84. The average Bonchev–Trinajstić information content (AvgIpc) is 2.49. The summed E-state index contributed by atoms with van der Waals surface area (Å²) in [4.78, 5) is 12.3. The van der Waals surface area contributed by atoms with E-state index in [9.17, 15) is 13.2 Å². The van der Waals surface area contributed by atoms with Crippen LogP contribution in [0.2, 0.25) is 5.02 Å². The van der Waals surface area contributed by atoms with Crippen LogP contribution in [-0.2, 0) is 14.8 Å². The maximum atomic E-state index is 12.3. The molecule has 0 aromatic heterocycles. The van der Waals surface area contributed by atoms with Gasteiger partial charge >= 0.3 is 0 Å². The van der Waals surface area contributed by atoms with Crippen LogP contribution >= 0.6 is 11.6 Å². The Hall–Kier alpha value is -1.85. The van der Waals surface area contributed by atoms with Crippen LogP contribution in [0.15, 0.2) is 59.5 Å². The van der Waals surface area contributed by atoms with Crippen LogP contribution in [-0.4, -0.2) is 14.3 Å². The topological polar surface area (TPSA) is 63.2 Å². The van der Waals surface area contributed by atoms with Gasteiger partial charge in [0.25, 0.3) is 10.0 Å². The number of sulfonamides is 1. The van der Waals surface area contributed by atoms with Gasteiger partial charge < -0.3 is 0 Å². The van der Waals surface area contributed by atoms with Crippen molar-refractivity contribution in [3.8, 4) is 0 Å². The second-order valence-electron chi connectivity index (χ2n) is 4.80. The van der Waals surface area contributed by atoms with E-state index in [-0.39, 0.29) is 4.90 Å². The van der Waals surface area contributed by atoms with E-state index < -0.39 is 21.8 Å². The smallest absolute Gasteiger partial charge is 0.264 e. The van der Waals surface area contributed by atoms with E-state index in [2.05, 4.69) is 4.72 Å². The zero-order chi connectivity index (χ0) is 16.2. The molecule has 4 nitrogen and oxygen atoms in total. The number of carbonyl (C=O) groups excluding carboxylic acids is 1. The summed E-state index contributed by atoms with van der Waals surface area (Å²) in [6.07, 6.45) is 0.506. The molecule has 1 amide bonds. The predicted octanol–water partition coefficient (Wildman–Crippen LogP) is 3.34. The molecule has 116 valence electrons. The minimum Gasteiger partial charge on any atom is -0.273 e. The molecule has 6 heteroatoms. The van der Waals surface area contributed by atoms with Crippen LogP contribution in [0.25, 0.3) is 0 Å². The Bertz CT molecular complexity index is 743. The number of hydrogen-bond donors (Lipinski definition) is 1. The van der Waals surface area contributed by atoms with Gasteiger partial charge in [0.1, 0.15) is 0 Å². The first-order chi connectivity index (χ1) is 10.4. The molecular formula is C16H16ClNO3S. The Morgan fingerprint density at radius 1 is 1.09 bits per heavy atom. The summed E-state index contributed by atoms with van der Waals surface area (Å²) in [6, 6.07) is 14.8. The summed E-state index contributed by atoms with van der Waals surface area (Å²) in [5, 5.41) is 0.431. The third kappa shape index (κ3) is 3.87. The van der Waals surface area contributed by atoms with Gasteiger partial charge in [0.2, 0.25) is 5.91 Å². The van der Waals surface area contributed by atoms with Crippen molar-refractivity contribution in [2.24, 2.45) is 0 Å². The van der Waals surface area contributed by atoms with Gasteiger partial charge in [-0.3, -0.25) is 4.79 Å². The first-order valence-corrected chi connectivity index (χ1v) is 8.67. The Morgan fingerprint density at radius 3 is 2.23 bits per heavy atom. The molecule has 2 aromatic carbocycles. The maximum Gasteiger partial charge on any atom is 0.264 e. The number of amides is 1. The highest BCUT2D eigenvalue weighted by Crippen LogP contribution is 2.21. The van der Waals surface area contributed by atoms with Crippen LogP contribution < -0.4 is 4.72 Å². The monoisotopic (exact) mass is 337 g/mol. The molecule has 0 aliphatic rings. The molecule has 0 saturated carbocycles. The highest BCUT2D eigenvalue weighted by atomic mass is 35.5. The van der Waals surface area contributed by atoms with Crippen molar-refractivity contribution in [1.29, 1.82) is 0 Å². The SMILES string of the molecule is CCC(C(=O)NS(=O)(=O)c1ccc(Cl)cc1)c1ccccc1. The van der Waals surface area contributed by atoms with E-state index in [0.717, 1.165) is 5.56 Å². The van der Waals surface area contributed by atoms with Crippen molar-refractivity contribution in [3.05, 3.63) is 65.2 Å². The lowest BCUT2D eigenvalue weighted by Gasteiger charge is -2.15. The zero-order valence-electron chi connectivity index (χ0n) is 12.0. The molecule has 0 saturated heterocycles. The minimum absolute atomic E-state index is 0.00756. The summed E-state index contributed by atoms with van der Waals surface area (Å²) in [5.41, 5.74) is 0.786. The van der Waals surface area contributed by atoms with Gasteiger partial charge in [-0.1, -0.05) is 48.9 Å². The zero-order valence-corrected chi connectivity index (χ0v) is 13.6. The van der Waals surface area contributed by atoms with Gasteiger partial charge in [-0.15, -0.1) is 0 Å². The Balaban J connectivity index is 2.21. The van der Waals surface area contributed by atoms with Gasteiger partial charge in [-0.25, -0.2) is 13.1 Å². The molecule has 0 fully saturated rings. The normalized spacial score (nSPS) is 12.6. The van der Waals surface area contributed by atoms with E-state index >= 15 is 0 Å². The highest BCUT2D eigenvalue weighted by molar-refractivity contribution is 7.90. The van der Waals surface area contributed by atoms with Gasteiger partial charge in [-0.2, -0.15) is 0 Å². The molecule has 2 rings (SSSR count). The average molecular weight is 338 g/mol. The molecule has 1 unspecified atom stereocenters. The predicted molar refractivity (Wildman–Crippen MR) is 86.3 cm³/mol. The number of rotatable bonds is 5. The molecule has 0 aliphatic heterocycles. The third-order valence-corrected chi connectivity index (χ3v) is 4.90. The molecule has 0 aliphatic carbocycles. The van der Waals surface area contributed by atoms with Crippen molar-refractivity contribution in [2.75, 3.05) is 0 Å². The lowest BCUT2D eigenvalue weighted by Crippen LogP contribution is -2.34. The number of hydrogen-bond acceptors (Lipinski definition) is 3. The quantitative estimate of drug-likeness (QED) is 0.910. The largest absolute Gasteiger partial charge is 0.273 e. The van der Waals surface area contributed by atoms with Crippen LogP contribution in [0.1, 0.15) is 24.8 Å². The molecule has 1 N–H and O–H groups in total. The lowest BCUT2D eigenvalue weighted by atomic mass is 9.96. The fourth-order valence-electron chi connectivity index (χ4n) is 2.13. The van der Waals surface area contributed by atoms with E-state index in [1.807, 2.05) is 37.3 Å². The van der Waals surface area contributed by atoms with Crippen molar-refractivity contribution in [3.63, 3.8) is 0 Å². The number of halogens is 1. The van der Waals surface area contributed by atoms with E-state index in [4.69, 9.17) is 11.6 Å². The molecule has 0 heterocycles. The summed E-state index contributed by atoms with van der Waals surface area (Å²) in [5.74, 6) is -1.05. The Kier molecular flexibility index (Phi) is 5.21. The van der Waals surface area contributed by atoms with Crippen LogP contribution in [0.4, 0.5) is 0 Å². The number of nitrogens with one attached hydrogen (secondary N) is 1. The van der Waals surface area contributed by atoms with Crippen LogP contribution in [0, 0.1) is 0 Å². The molecule has 22 heavy (non-hydrogen) atoms. The molecular weight excluding hydrogens is 322 g/mol. The van der Waals surface area contributed by atoms with E-state index in [1.54, 1.807) is 0 Å². The molecule has 0 radical (unpaired) electrons. The van der Waals surface area contributed by atoms with E-state index in [0.29, 0.717) is 11.4 Å². The fourth-order valence-corrected chi connectivity index (χ4v) is 3.28. The van der Waals surface area contributed by atoms with Crippen molar-refractivity contribution < 1.29 is 13.2 Å². The first-order valence-electron chi connectivity index (χ1n) is 6.81. The van der Waals surface area contributed by atoms with Crippen molar-refractivity contribution >= 4 is 27.5 Å². The lowest BCUT2D eigenvalue weighted by molar-refractivity contribution is -0.120. The van der Waals surface area contributed by atoms with Crippen LogP contribution in [0.5, 0.6) is 0 Å². The Labute approximate surface area is 135 Å². The molecule has 0 spiro atoms. The highest BCUT2D eigenvalue weighted by Gasteiger charge is 2.24. The van der Waals surface area contributed by atoms with Gasteiger partial charge in [0.15, 0.2) is 0 Å². The number of benzene rings is 2. The fraction of sp³-hybridized carbons (Fsp3) is 0.188. The Morgan fingerprint density at radius 2 is 1.68 bits per heavy atom. The minimum atomic E-state index is -3.90.